The van der Waals surface area contributed by atoms with Crippen LogP contribution in [0.15, 0.2) is 71.2 Å². The highest BCUT2D eigenvalue weighted by molar-refractivity contribution is 9.10. The summed E-state index contributed by atoms with van der Waals surface area (Å²) in [4.78, 5) is 36.3. The standard InChI is InChI=1S/C27H25BrN2O5/c1-15(25(31)30-24-12-11-17(26(32)33)13-23(24)28)16(2)29-27(34)35-14-22-20-9-5-3-7-18(20)19-8-4-6-10-21(19)22/h3-13,15-16,22H,14H2,1-2H3,(H,29,34)(H,30,31)(H,32,33). The highest BCUT2D eigenvalue weighted by atomic mass is 79.9. The number of aromatic carboxylic acids is 1. The Labute approximate surface area is 211 Å². The van der Waals surface area contributed by atoms with E-state index in [1.165, 1.54) is 18.2 Å². The van der Waals surface area contributed by atoms with Crippen molar-refractivity contribution < 1.29 is 24.2 Å². The minimum absolute atomic E-state index is 0.0460. The summed E-state index contributed by atoms with van der Waals surface area (Å²) >= 11 is 3.28. The number of carboxylic acid groups (broad SMARTS) is 1. The number of ether oxygens (including phenoxy) is 1. The van der Waals surface area contributed by atoms with Crippen LogP contribution in [0, 0.1) is 5.92 Å². The predicted molar refractivity (Wildman–Crippen MR) is 137 cm³/mol. The second-order valence-corrected chi connectivity index (χ2v) is 9.39. The van der Waals surface area contributed by atoms with Gasteiger partial charge in [0.2, 0.25) is 5.91 Å². The van der Waals surface area contributed by atoms with Gasteiger partial charge in [-0.1, -0.05) is 55.5 Å². The molecule has 7 nitrogen and oxygen atoms in total. The molecule has 180 valence electrons. The fourth-order valence-corrected chi connectivity index (χ4v) is 4.65. The van der Waals surface area contributed by atoms with Crippen molar-refractivity contribution in [2.75, 3.05) is 11.9 Å². The third-order valence-corrected chi connectivity index (χ3v) is 6.98. The summed E-state index contributed by atoms with van der Waals surface area (Å²) in [6, 6.07) is 20.1. The molecule has 0 aliphatic heterocycles. The maximum Gasteiger partial charge on any atom is 0.407 e. The summed E-state index contributed by atoms with van der Waals surface area (Å²) in [7, 11) is 0. The van der Waals surface area contributed by atoms with Crippen LogP contribution in [0.5, 0.6) is 0 Å². The molecule has 0 spiro atoms. The number of hydrogen-bond acceptors (Lipinski definition) is 4. The number of benzene rings is 3. The van der Waals surface area contributed by atoms with Gasteiger partial charge in [-0.25, -0.2) is 9.59 Å². The molecule has 2 amide bonds. The Morgan fingerprint density at radius 1 is 0.971 bits per heavy atom. The molecule has 1 aliphatic rings. The number of fused-ring (bicyclic) bond motifs is 3. The highest BCUT2D eigenvalue weighted by Gasteiger charge is 2.29. The summed E-state index contributed by atoms with van der Waals surface area (Å²) in [5.41, 5.74) is 5.11. The van der Waals surface area contributed by atoms with E-state index in [2.05, 4.69) is 50.8 Å². The number of carbonyl (C=O) groups excluding carboxylic acids is 2. The molecule has 0 heterocycles. The number of carbonyl (C=O) groups is 3. The van der Waals surface area contributed by atoms with Gasteiger partial charge in [0.15, 0.2) is 0 Å². The van der Waals surface area contributed by atoms with Gasteiger partial charge in [-0.3, -0.25) is 4.79 Å². The Balaban J connectivity index is 1.34. The summed E-state index contributed by atoms with van der Waals surface area (Å²) < 4.78 is 6.02. The second kappa shape index (κ2) is 10.3. The van der Waals surface area contributed by atoms with E-state index in [9.17, 15) is 14.4 Å². The number of rotatable bonds is 7. The third kappa shape index (κ3) is 5.22. The Bertz CT molecular complexity index is 1250. The van der Waals surface area contributed by atoms with Crippen molar-refractivity contribution in [3.8, 4) is 11.1 Å². The van der Waals surface area contributed by atoms with Gasteiger partial charge in [0, 0.05) is 16.4 Å². The normalized spacial score (nSPS) is 13.8. The Morgan fingerprint density at radius 3 is 2.14 bits per heavy atom. The van der Waals surface area contributed by atoms with Gasteiger partial charge in [0.25, 0.3) is 0 Å². The van der Waals surface area contributed by atoms with Crippen LogP contribution in [0.3, 0.4) is 0 Å². The smallest absolute Gasteiger partial charge is 0.407 e. The molecule has 4 rings (SSSR count). The highest BCUT2D eigenvalue weighted by Crippen LogP contribution is 2.44. The maximum atomic E-state index is 12.7. The van der Waals surface area contributed by atoms with Gasteiger partial charge in [-0.2, -0.15) is 0 Å². The first-order chi connectivity index (χ1) is 16.8. The first-order valence-electron chi connectivity index (χ1n) is 11.2. The average molecular weight is 537 g/mol. The van der Waals surface area contributed by atoms with E-state index in [0.717, 1.165) is 22.3 Å². The summed E-state index contributed by atoms with van der Waals surface area (Å²) in [5.74, 6) is -1.99. The molecule has 0 fully saturated rings. The molecule has 0 radical (unpaired) electrons. The Morgan fingerprint density at radius 2 is 1.57 bits per heavy atom. The zero-order chi connectivity index (χ0) is 25.1. The SMILES string of the molecule is CC(NC(=O)OCC1c2ccccc2-c2ccccc21)C(C)C(=O)Nc1ccc(C(=O)O)cc1Br. The maximum absolute atomic E-state index is 12.7. The molecule has 8 heteroatoms. The summed E-state index contributed by atoms with van der Waals surface area (Å²) in [6.45, 7) is 3.62. The van der Waals surface area contributed by atoms with Gasteiger partial charge in [0.05, 0.1) is 17.2 Å². The summed E-state index contributed by atoms with van der Waals surface area (Å²) in [6.07, 6.45) is -0.592. The zero-order valence-corrected chi connectivity index (χ0v) is 20.8. The molecule has 35 heavy (non-hydrogen) atoms. The number of anilines is 1. The van der Waals surface area contributed by atoms with E-state index in [-0.39, 0.29) is 24.0 Å². The molecule has 2 atom stereocenters. The lowest BCUT2D eigenvalue weighted by atomic mass is 9.98. The first-order valence-corrected chi connectivity index (χ1v) is 12.0. The van der Waals surface area contributed by atoms with Crippen LogP contribution in [-0.2, 0) is 9.53 Å². The van der Waals surface area contributed by atoms with Crippen LogP contribution in [0.2, 0.25) is 0 Å². The van der Waals surface area contributed by atoms with Gasteiger partial charge in [0.1, 0.15) is 6.61 Å². The van der Waals surface area contributed by atoms with Crippen LogP contribution in [-0.4, -0.2) is 35.7 Å². The van der Waals surface area contributed by atoms with Crippen molar-refractivity contribution in [2.24, 2.45) is 5.92 Å². The minimum atomic E-state index is -1.06. The van der Waals surface area contributed by atoms with Crippen molar-refractivity contribution in [2.45, 2.75) is 25.8 Å². The molecule has 0 saturated heterocycles. The number of halogens is 1. The number of alkyl carbamates (subject to hydrolysis) is 1. The zero-order valence-electron chi connectivity index (χ0n) is 19.2. The number of amides is 2. The minimum Gasteiger partial charge on any atom is -0.478 e. The molecular weight excluding hydrogens is 512 g/mol. The van der Waals surface area contributed by atoms with Crippen molar-refractivity contribution in [1.29, 1.82) is 0 Å². The van der Waals surface area contributed by atoms with Gasteiger partial charge in [-0.05, 0) is 63.3 Å². The van der Waals surface area contributed by atoms with Crippen LogP contribution >= 0.6 is 15.9 Å². The van der Waals surface area contributed by atoms with Gasteiger partial charge < -0.3 is 20.5 Å². The number of nitrogens with one attached hydrogen (secondary N) is 2. The molecular formula is C27H25BrN2O5. The van der Waals surface area contributed by atoms with E-state index in [1.54, 1.807) is 13.8 Å². The van der Waals surface area contributed by atoms with E-state index in [4.69, 9.17) is 9.84 Å². The largest absolute Gasteiger partial charge is 0.478 e. The molecule has 0 bridgehead atoms. The van der Waals surface area contributed by atoms with Gasteiger partial charge >= 0.3 is 12.1 Å². The van der Waals surface area contributed by atoms with Crippen molar-refractivity contribution in [3.05, 3.63) is 87.9 Å². The lowest BCUT2D eigenvalue weighted by Gasteiger charge is -2.22. The number of hydrogen-bond donors (Lipinski definition) is 3. The van der Waals surface area contributed by atoms with E-state index >= 15 is 0 Å². The van der Waals surface area contributed by atoms with Crippen molar-refractivity contribution >= 4 is 39.6 Å². The van der Waals surface area contributed by atoms with Crippen LogP contribution in [0.4, 0.5) is 10.5 Å². The second-order valence-electron chi connectivity index (χ2n) is 8.54. The van der Waals surface area contributed by atoms with Crippen LogP contribution in [0.25, 0.3) is 11.1 Å². The quantitative estimate of drug-likeness (QED) is 0.362. The molecule has 3 N–H and O–H groups in total. The molecule has 3 aromatic rings. The van der Waals surface area contributed by atoms with E-state index in [1.807, 2.05) is 24.3 Å². The van der Waals surface area contributed by atoms with E-state index < -0.39 is 24.0 Å². The lowest BCUT2D eigenvalue weighted by molar-refractivity contribution is -0.120. The predicted octanol–water partition coefficient (Wildman–Crippen LogP) is 5.65. The molecule has 2 unspecified atom stereocenters. The number of carboxylic acids is 1. The fourth-order valence-electron chi connectivity index (χ4n) is 4.17. The average Bonchev–Trinajstić information content (AvgIpc) is 3.17. The Hall–Kier alpha value is -3.65. The van der Waals surface area contributed by atoms with Crippen molar-refractivity contribution in [3.63, 3.8) is 0 Å². The molecule has 0 saturated carbocycles. The van der Waals surface area contributed by atoms with Crippen molar-refractivity contribution in [1.82, 2.24) is 5.32 Å². The van der Waals surface area contributed by atoms with Crippen LogP contribution in [0.1, 0.15) is 41.3 Å². The third-order valence-electron chi connectivity index (χ3n) is 6.33. The first kappa shape index (κ1) is 24.5. The monoisotopic (exact) mass is 536 g/mol. The topological polar surface area (TPSA) is 105 Å². The lowest BCUT2D eigenvalue weighted by Crippen LogP contribution is -2.42. The fraction of sp³-hybridized carbons (Fsp3) is 0.222. The van der Waals surface area contributed by atoms with Gasteiger partial charge in [-0.15, -0.1) is 0 Å². The summed E-state index contributed by atoms with van der Waals surface area (Å²) in [5, 5.41) is 14.6. The Kier molecular flexibility index (Phi) is 7.21. The van der Waals surface area contributed by atoms with Crippen LogP contribution < -0.4 is 10.6 Å². The molecule has 3 aromatic carbocycles. The van der Waals surface area contributed by atoms with E-state index in [0.29, 0.717) is 10.2 Å². The molecule has 0 aromatic heterocycles. The molecule has 1 aliphatic carbocycles.